The van der Waals surface area contributed by atoms with Gasteiger partial charge < -0.3 is 15.2 Å². The third-order valence-corrected chi connectivity index (χ3v) is 4.80. The van der Waals surface area contributed by atoms with Crippen molar-refractivity contribution in [3.63, 3.8) is 0 Å². The number of hydrogen-bond acceptors (Lipinski definition) is 5. The predicted molar refractivity (Wildman–Crippen MR) is 67.6 cm³/mol. The lowest BCUT2D eigenvalue weighted by molar-refractivity contribution is -0.137. The van der Waals surface area contributed by atoms with E-state index >= 15 is 0 Å². The lowest BCUT2D eigenvalue weighted by Crippen LogP contribution is -2.54. The summed E-state index contributed by atoms with van der Waals surface area (Å²) in [6, 6.07) is -0.953. The van der Waals surface area contributed by atoms with Crippen LogP contribution < -0.4 is 5.32 Å². The van der Waals surface area contributed by atoms with Gasteiger partial charge in [0.2, 0.25) is 0 Å². The van der Waals surface area contributed by atoms with Crippen LogP contribution in [0.25, 0.3) is 0 Å². The predicted octanol–water partition coefficient (Wildman–Crippen LogP) is 0.541. The van der Waals surface area contributed by atoms with E-state index in [4.69, 9.17) is 9.84 Å². The molecule has 0 saturated carbocycles. The zero-order chi connectivity index (χ0) is 14.8. The summed E-state index contributed by atoms with van der Waals surface area (Å²) >= 11 is 0. The molecule has 2 unspecified atom stereocenters. The zero-order valence-electron chi connectivity index (χ0n) is 11.2. The Morgan fingerprint density at radius 3 is 2.37 bits per heavy atom. The quantitative estimate of drug-likeness (QED) is 0.769. The van der Waals surface area contributed by atoms with Gasteiger partial charge in [0.25, 0.3) is 0 Å². The summed E-state index contributed by atoms with van der Waals surface area (Å²) in [6.07, 6.45) is -0.178. The van der Waals surface area contributed by atoms with E-state index in [1.165, 1.54) is 0 Å². The van der Waals surface area contributed by atoms with Crippen LogP contribution in [0.3, 0.4) is 0 Å². The van der Waals surface area contributed by atoms with Crippen molar-refractivity contribution in [3.8, 4) is 0 Å². The highest BCUT2D eigenvalue weighted by Gasteiger charge is 2.43. The summed E-state index contributed by atoms with van der Waals surface area (Å²) in [7, 11) is -3.73. The number of carbonyl (C=O) groups is 2. The first-order valence-corrected chi connectivity index (χ1v) is 7.68. The fourth-order valence-electron chi connectivity index (χ4n) is 1.97. The number of hydrogen-bond donors (Lipinski definition) is 2. The lowest BCUT2D eigenvalue weighted by Gasteiger charge is -2.30. The van der Waals surface area contributed by atoms with Gasteiger partial charge in [0.05, 0.1) is 11.8 Å². The first-order valence-electron chi connectivity index (χ1n) is 5.97. The molecule has 8 heteroatoms. The van der Waals surface area contributed by atoms with Crippen molar-refractivity contribution in [3.05, 3.63) is 0 Å². The average molecular weight is 293 g/mol. The van der Waals surface area contributed by atoms with E-state index in [2.05, 4.69) is 5.32 Å². The van der Waals surface area contributed by atoms with E-state index < -0.39 is 38.8 Å². The van der Waals surface area contributed by atoms with Crippen molar-refractivity contribution >= 4 is 21.9 Å². The summed E-state index contributed by atoms with van der Waals surface area (Å²) in [5, 5.41) is 9.76. The van der Waals surface area contributed by atoms with Crippen LogP contribution in [0.15, 0.2) is 0 Å². The second-order valence-corrected chi connectivity index (χ2v) is 7.76. The Morgan fingerprint density at radius 2 is 1.89 bits per heavy atom. The molecular weight excluding hydrogens is 274 g/mol. The molecule has 0 aromatic carbocycles. The fourth-order valence-corrected chi connectivity index (χ4v) is 3.80. The van der Waals surface area contributed by atoms with E-state index in [0.717, 1.165) is 0 Å². The van der Waals surface area contributed by atoms with E-state index in [-0.39, 0.29) is 5.75 Å². The Labute approximate surface area is 112 Å². The summed E-state index contributed by atoms with van der Waals surface area (Å²) in [5.74, 6) is -1.61. The Kier molecular flexibility index (Phi) is 4.44. The van der Waals surface area contributed by atoms with Crippen molar-refractivity contribution in [2.75, 3.05) is 5.75 Å². The molecule has 0 spiro atoms. The fraction of sp³-hybridized carbons (Fsp3) is 0.818. The van der Waals surface area contributed by atoms with Crippen LogP contribution in [-0.2, 0) is 19.4 Å². The average Bonchev–Trinajstić information content (AvgIpc) is 2.11. The van der Waals surface area contributed by atoms with Crippen molar-refractivity contribution in [1.82, 2.24) is 5.32 Å². The van der Waals surface area contributed by atoms with Gasteiger partial charge in [0.1, 0.15) is 5.60 Å². The highest BCUT2D eigenvalue weighted by atomic mass is 32.2. The number of carbonyl (C=O) groups excluding carboxylic acids is 1. The van der Waals surface area contributed by atoms with Crippen molar-refractivity contribution in [2.45, 2.75) is 50.5 Å². The third-order valence-electron chi connectivity index (χ3n) is 2.64. The molecule has 1 rings (SSSR count). The minimum atomic E-state index is -3.73. The number of aliphatic carboxylic acids is 1. The van der Waals surface area contributed by atoms with E-state index in [9.17, 15) is 18.0 Å². The standard InChI is InChI=1S/C11H19NO6S/c1-11(2,3)18-10(15)12-7-5-4-6-19(16,17)8(7)9(13)14/h7-8H,4-6H2,1-3H3,(H,12,15)(H,13,14). The van der Waals surface area contributed by atoms with E-state index in [1.54, 1.807) is 20.8 Å². The zero-order valence-corrected chi connectivity index (χ0v) is 12.0. The topological polar surface area (TPSA) is 110 Å². The number of carboxylic acids is 1. The Balaban J connectivity index is 2.81. The molecule has 0 radical (unpaired) electrons. The first-order chi connectivity index (χ1) is 8.53. The molecule has 19 heavy (non-hydrogen) atoms. The normalized spacial score (nSPS) is 26.5. The lowest BCUT2D eigenvalue weighted by atomic mass is 10.1. The van der Waals surface area contributed by atoms with Gasteiger partial charge in [-0.15, -0.1) is 0 Å². The Bertz CT molecular complexity index is 464. The molecule has 110 valence electrons. The van der Waals surface area contributed by atoms with Gasteiger partial charge >= 0.3 is 12.1 Å². The van der Waals surface area contributed by atoms with Gasteiger partial charge in [-0.1, -0.05) is 0 Å². The maximum absolute atomic E-state index is 11.7. The van der Waals surface area contributed by atoms with Crippen molar-refractivity contribution in [1.29, 1.82) is 0 Å². The van der Waals surface area contributed by atoms with Gasteiger partial charge in [-0.25, -0.2) is 13.2 Å². The summed E-state index contributed by atoms with van der Waals surface area (Å²) in [4.78, 5) is 22.7. The van der Waals surface area contributed by atoms with Gasteiger partial charge in [-0.05, 0) is 33.6 Å². The number of rotatable bonds is 2. The minimum absolute atomic E-state index is 0.170. The molecule has 1 aliphatic rings. The first kappa shape index (κ1) is 15.7. The van der Waals surface area contributed by atoms with Gasteiger partial charge in [0, 0.05) is 0 Å². The summed E-state index contributed by atoms with van der Waals surface area (Å²) in [6.45, 7) is 5.00. The smallest absolute Gasteiger partial charge is 0.407 e. The van der Waals surface area contributed by atoms with Crippen LogP contribution >= 0.6 is 0 Å². The molecule has 1 fully saturated rings. The molecular formula is C11H19NO6S. The van der Waals surface area contributed by atoms with Crippen LogP contribution in [0.2, 0.25) is 0 Å². The van der Waals surface area contributed by atoms with Crippen LogP contribution in [0, 0.1) is 0 Å². The molecule has 1 saturated heterocycles. The Morgan fingerprint density at radius 1 is 1.32 bits per heavy atom. The molecule has 1 amide bonds. The van der Waals surface area contributed by atoms with Gasteiger partial charge in [-0.2, -0.15) is 0 Å². The highest BCUT2D eigenvalue weighted by molar-refractivity contribution is 7.92. The Hall–Kier alpha value is -1.31. The van der Waals surface area contributed by atoms with Crippen LogP contribution in [0.1, 0.15) is 33.6 Å². The summed E-state index contributed by atoms with van der Waals surface area (Å²) in [5.41, 5.74) is -0.726. The molecule has 2 atom stereocenters. The molecule has 1 aliphatic heterocycles. The third kappa shape index (κ3) is 4.38. The maximum Gasteiger partial charge on any atom is 0.407 e. The second-order valence-electron chi connectivity index (χ2n) is 5.52. The molecule has 1 heterocycles. The number of amides is 1. The van der Waals surface area contributed by atoms with E-state index in [1.807, 2.05) is 0 Å². The molecule has 0 bridgehead atoms. The second kappa shape index (κ2) is 5.36. The van der Waals surface area contributed by atoms with Crippen LogP contribution in [0.4, 0.5) is 4.79 Å². The SMILES string of the molecule is CC(C)(C)OC(=O)NC1CCCS(=O)(=O)C1C(=O)O. The number of alkyl carbamates (subject to hydrolysis) is 1. The molecule has 0 aromatic heterocycles. The number of nitrogens with one attached hydrogen (secondary N) is 1. The number of ether oxygens (including phenoxy) is 1. The van der Waals surface area contributed by atoms with Gasteiger partial charge in [0.15, 0.2) is 15.1 Å². The number of sulfone groups is 1. The molecule has 7 nitrogen and oxygen atoms in total. The van der Waals surface area contributed by atoms with Crippen molar-refractivity contribution < 1.29 is 27.9 Å². The highest BCUT2D eigenvalue weighted by Crippen LogP contribution is 2.21. The molecule has 0 aromatic rings. The van der Waals surface area contributed by atoms with Gasteiger partial charge in [-0.3, -0.25) is 4.79 Å². The van der Waals surface area contributed by atoms with Crippen molar-refractivity contribution in [2.24, 2.45) is 0 Å². The largest absolute Gasteiger partial charge is 0.480 e. The minimum Gasteiger partial charge on any atom is -0.480 e. The molecule has 0 aliphatic carbocycles. The summed E-state index contributed by atoms with van der Waals surface area (Å²) < 4.78 is 28.5. The maximum atomic E-state index is 11.7. The van der Waals surface area contributed by atoms with E-state index in [0.29, 0.717) is 12.8 Å². The van der Waals surface area contributed by atoms with Crippen LogP contribution in [0.5, 0.6) is 0 Å². The monoisotopic (exact) mass is 293 g/mol. The number of carboxylic acid groups (broad SMARTS) is 1. The van der Waals surface area contributed by atoms with Crippen LogP contribution in [-0.4, -0.2) is 48.2 Å². The molecule has 2 N–H and O–H groups in total.